The van der Waals surface area contributed by atoms with E-state index in [-0.39, 0.29) is 5.75 Å². The first-order valence-electron chi connectivity index (χ1n) is 9.21. The minimum absolute atomic E-state index is 0.0893. The summed E-state index contributed by atoms with van der Waals surface area (Å²) < 4.78 is 41.9. The summed E-state index contributed by atoms with van der Waals surface area (Å²) in [6, 6.07) is 14.6. The molecule has 0 bridgehead atoms. The lowest BCUT2D eigenvalue weighted by molar-refractivity contribution is -0.108. The number of aryl methyl sites for hydroxylation is 1. The Morgan fingerprint density at radius 3 is 2.50 bits per heavy atom. The lowest BCUT2D eigenvalue weighted by Gasteiger charge is -2.28. The molecule has 0 radical (unpaired) electrons. The zero-order valence-corrected chi connectivity index (χ0v) is 16.8. The van der Waals surface area contributed by atoms with Crippen molar-refractivity contribution in [1.29, 1.82) is 0 Å². The highest BCUT2D eigenvalue weighted by Gasteiger charge is 2.32. The summed E-state index contributed by atoms with van der Waals surface area (Å²) in [6.07, 6.45) is 2.43. The number of aldehydes is 1. The lowest BCUT2D eigenvalue weighted by Crippen LogP contribution is -2.16. The van der Waals surface area contributed by atoms with E-state index in [0.29, 0.717) is 39.3 Å². The minimum Gasteiger partial charge on any atom is -0.772 e. The summed E-state index contributed by atoms with van der Waals surface area (Å²) in [5.41, 5.74) is 3.84. The van der Waals surface area contributed by atoms with Crippen molar-refractivity contribution < 1.29 is 22.7 Å². The van der Waals surface area contributed by atoms with Crippen LogP contribution >= 0.6 is 0 Å². The van der Waals surface area contributed by atoms with E-state index >= 15 is 0 Å². The number of aromatic nitrogens is 1. The zero-order valence-electron chi connectivity index (χ0n) is 16.0. The van der Waals surface area contributed by atoms with Gasteiger partial charge in [0.15, 0.2) is 0 Å². The molecule has 0 saturated heterocycles. The summed E-state index contributed by atoms with van der Waals surface area (Å²) in [7, 11) is 0. The van der Waals surface area contributed by atoms with Gasteiger partial charge in [0.25, 0.3) is 0 Å². The fourth-order valence-electron chi connectivity index (χ4n) is 3.50. The first kappa shape index (κ1) is 20.1. The van der Waals surface area contributed by atoms with Crippen molar-refractivity contribution in [2.24, 2.45) is 0 Å². The fourth-order valence-corrected chi connectivity index (χ4v) is 3.96. The predicted molar refractivity (Wildman–Crippen MR) is 111 cm³/mol. The van der Waals surface area contributed by atoms with Gasteiger partial charge < -0.3 is 14.1 Å². The Bertz CT molecular complexity index is 1160. The second-order valence-corrected chi connectivity index (χ2v) is 7.87. The van der Waals surface area contributed by atoms with Gasteiger partial charge in [0.1, 0.15) is 23.6 Å². The Hall–Kier alpha value is -3.16. The maximum absolute atomic E-state index is 13.9. The van der Waals surface area contributed by atoms with Gasteiger partial charge in [-0.3, -0.25) is 9.19 Å². The van der Waals surface area contributed by atoms with Crippen LogP contribution in [0.25, 0.3) is 11.3 Å². The van der Waals surface area contributed by atoms with Crippen LogP contribution in [-0.4, -0.2) is 20.0 Å². The molecule has 2 heterocycles. The Balaban J connectivity index is 1.90. The van der Waals surface area contributed by atoms with Crippen LogP contribution in [-0.2, 0) is 21.6 Å². The van der Waals surface area contributed by atoms with Crippen LogP contribution in [0.3, 0.4) is 0 Å². The molecule has 0 saturated carbocycles. The maximum atomic E-state index is 13.9. The standard InChI is InChI=1S/C23H18FNO4S/c1-14-2-5-17(11-25-14)22-20(12-26)19-10-18(24)8-9-21(19)29-23(22)16-6-3-15(4-7-16)13-30(27)28/h2-12,20H,13H2,1H3,(H,27,28)/p-1. The number of fused-ring (bicyclic) bond motifs is 1. The zero-order chi connectivity index (χ0) is 21.3. The highest BCUT2D eigenvalue weighted by Crippen LogP contribution is 2.46. The van der Waals surface area contributed by atoms with Gasteiger partial charge in [-0.25, -0.2) is 4.39 Å². The van der Waals surface area contributed by atoms with Gasteiger partial charge in [0.05, 0.1) is 5.92 Å². The Labute approximate surface area is 175 Å². The molecule has 2 unspecified atom stereocenters. The third kappa shape index (κ3) is 3.94. The first-order chi connectivity index (χ1) is 14.5. The van der Waals surface area contributed by atoms with Crippen molar-refractivity contribution in [3.63, 3.8) is 0 Å². The average Bonchev–Trinajstić information content (AvgIpc) is 2.73. The molecule has 152 valence electrons. The smallest absolute Gasteiger partial charge is 0.139 e. The quantitative estimate of drug-likeness (QED) is 0.456. The Kier molecular flexibility index (Phi) is 5.57. The molecule has 2 atom stereocenters. The number of carbonyl (C=O) groups is 1. The number of hydrogen-bond acceptors (Lipinski definition) is 5. The van der Waals surface area contributed by atoms with Gasteiger partial charge in [-0.2, -0.15) is 0 Å². The number of ether oxygens (including phenoxy) is 1. The van der Waals surface area contributed by atoms with E-state index in [2.05, 4.69) is 4.98 Å². The fraction of sp³-hybridized carbons (Fsp3) is 0.130. The van der Waals surface area contributed by atoms with Crippen molar-refractivity contribution in [1.82, 2.24) is 4.98 Å². The molecule has 1 aliphatic heterocycles. The molecular formula is C23H17FNO4S-. The molecule has 1 aromatic heterocycles. The molecule has 1 aliphatic rings. The molecular weight excluding hydrogens is 405 g/mol. The SMILES string of the molecule is Cc1ccc(C2=C(c3ccc(CS(=O)[O-])cc3)Oc3ccc(F)cc3C2C=O)cn1. The lowest BCUT2D eigenvalue weighted by atomic mass is 9.83. The highest BCUT2D eigenvalue weighted by molar-refractivity contribution is 7.78. The largest absolute Gasteiger partial charge is 0.772 e. The van der Waals surface area contributed by atoms with E-state index in [1.165, 1.54) is 18.2 Å². The number of rotatable bonds is 5. The van der Waals surface area contributed by atoms with E-state index in [0.717, 1.165) is 12.0 Å². The van der Waals surface area contributed by atoms with Crippen molar-refractivity contribution >= 4 is 28.7 Å². The van der Waals surface area contributed by atoms with Crippen LogP contribution < -0.4 is 4.74 Å². The summed E-state index contributed by atoms with van der Waals surface area (Å²) in [6.45, 7) is 1.86. The van der Waals surface area contributed by atoms with Crippen LogP contribution in [0.5, 0.6) is 5.75 Å². The first-order valence-corrected chi connectivity index (χ1v) is 10.5. The topological polar surface area (TPSA) is 79.3 Å². The second-order valence-electron chi connectivity index (χ2n) is 6.97. The average molecular weight is 422 g/mol. The molecule has 4 rings (SSSR count). The molecule has 30 heavy (non-hydrogen) atoms. The molecule has 2 aromatic carbocycles. The molecule has 0 fully saturated rings. The van der Waals surface area contributed by atoms with Gasteiger partial charge in [0.2, 0.25) is 0 Å². The maximum Gasteiger partial charge on any atom is 0.139 e. The summed E-state index contributed by atoms with van der Waals surface area (Å²) in [5, 5.41) is 0. The molecule has 0 aliphatic carbocycles. The summed E-state index contributed by atoms with van der Waals surface area (Å²) >= 11 is -2.19. The van der Waals surface area contributed by atoms with Gasteiger partial charge in [-0.05, 0) is 36.8 Å². The van der Waals surface area contributed by atoms with Crippen molar-refractivity contribution in [3.05, 3.63) is 94.6 Å². The predicted octanol–water partition coefficient (Wildman–Crippen LogP) is 4.15. The van der Waals surface area contributed by atoms with Crippen molar-refractivity contribution in [2.45, 2.75) is 18.6 Å². The van der Waals surface area contributed by atoms with Crippen molar-refractivity contribution in [3.8, 4) is 5.75 Å². The van der Waals surface area contributed by atoms with Gasteiger partial charge in [-0.1, -0.05) is 41.4 Å². The van der Waals surface area contributed by atoms with E-state index in [1.807, 2.05) is 19.1 Å². The molecule has 0 N–H and O–H groups in total. The third-order valence-electron chi connectivity index (χ3n) is 4.93. The molecule has 0 spiro atoms. The summed E-state index contributed by atoms with van der Waals surface area (Å²) in [5.74, 6) is -0.431. The Morgan fingerprint density at radius 2 is 1.87 bits per heavy atom. The van der Waals surface area contributed by atoms with Crippen LogP contribution in [0, 0.1) is 12.7 Å². The van der Waals surface area contributed by atoms with Gasteiger partial charge in [0, 0.05) is 39.9 Å². The highest BCUT2D eigenvalue weighted by atomic mass is 32.2. The van der Waals surface area contributed by atoms with E-state index in [9.17, 15) is 17.9 Å². The second kappa shape index (κ2) is 8.30. The normalized spacial score (nSPS) is 16.6. The van der Waals surface area contributed by atoms with Gasteiger partial charge in [-0.15, -0.1) is 0 Å². The number of nitrogens with zero attached hydrogens (tertiary/aromatic N) is 1. The number of allylic oxidation sites excluding steroid dienone is 1. The number of carbonyl (C=O) groups excluding carboxylic acids is 1. The number of pyridine rings is 1. The monoisotopic (exact) mass is 422 g/mol. The molecule has 0 amide bonds. The van der Waals surface area contributed by atoms with Crippen LogP contribution in [0.15, 0.2) is 60.8 Å². The number of hydrogen-bond donors (Lipinski definition) is 0. The van der Waals surface area contributed by atoms with Gasteiger partial charge >= 0.3 is 0 Å². The van der Waals surface area contributed by atoms with Crippen LogP contribution in [0.2, 0.25) is 0 Å². The molecule has 7 heteroatoms. The molecule has 5 nitrogen and oxygen atoms in total. The van der Waals surface area contributed by atoms with E-state index in [4.69, 9.17) is 4.74 Å². The van der Waals surface area contributed by atoms with E-state index < -0.39 is 22.8 Å². The van der Waals surface area contributed by atoms with Crippen LogP contribution in [0.4, 0.5) is 4.39 Å². The Morgan fingerprint density at radius 1 is 1.13 bits per heavy atom. The van der Waals surface area contributed by atoms with Crippen LogP contribution in [0.1, 0.15) is 33.9 Å². The number of benzene rings is 2. The van der Waals surface area contributed by atoms with Crippen molar-refractivity contribution in [2.75, 3.05) is 0 Å². The summed E-state index contributed by atoms with van der Waals surface area (Å²) in [4.78, 5) is 16.5. The number of halogens is 1. The minimum atomic E-state index is -2.19. The van der Waals surface area contributed by atoms with E-state index in [1.54, 1.807) is 30.5 Å². The molecule has 3 aromatic rings. The third-order valence-corrected chi connectivity index (χ3v) is 5.50.